The summed E-state index contributed by atoms with van der Waals surface area (Å²) in [4.78, 5) is 27.4. The van der Waals surface area contributed by atoms with Gasteiger partial charge >= 0.3 is 0 Å². The summed E-state index contributed by atoms with van der Waals surface area (Å²) in [6, 6.07) is 12.0. The summed E-state index contributed by atoms with van der Waals surface area (Å²) in [6.07, 6.45) is 0.689. The van der Waals surface area contributed by atoms with Crippen LogP contribution < -0.4 is 4.74 Å². The summed E-state index contributed by atoms with van der Waals surface area (Å²) in [5, 5.41) is 11.5. The van der Waals surface area contributed by atoms with Gasteiger partial charge in [0.15, 0.2) is 0 Å². The van der Waals surface area contributed by atoms with Crippen LogP contribution >= 0.6 is 11.6 Å². The van der Waals surface area contributed by atoms with Gasteiger partial charge < -0.3 is 14.7 Å². The molecule has 1 N–H and O–H groups in total. The highest BCUT2D eigenvalue weighted by Crippen LogP contribution is 2.41. The number of rotatable bonds is 7. The second kappa shape index (κ2) is 9.56. The van der Waals surface area contributed by atoms with Crippen LogP contribution in [0.4, 0.5) is 0 Å². The minimum atomic E-state index is -0.707. The van der Waals surface area contributed by atoms with E-state index >= 15 is 0 Å². The molecule has 5 nitrogen and oxygen atoms in total. The summed E-state index contributed by atoms with van der Waals surface area (Å²) >= 11 is 6.34. The Hall–Kier alpha value is -2.79. The third kappa shape index (κ3) is 4.47. The van der Waals surface area contributed by atoms with E-state index in [1.807, 2.05) is 38.1 Å². The summed E-state index contributed by atoms with van der Waals surface area (Å²) in [5.74, 6) is -0.730. The van der Waals surface area contributed by atoms with Crippen LogP contribution in [0.3, 0.4) is 0 Å². The van der Waals surface area contributed by atoms with E-state index in [9.17, 15) is 14.7 Å². The summed E-state index contributed by atoms with van der Waals surface area (Å²) in [7, 11) is 0. The predicted molar refractivity (Wildman–Crippen MR) is 122 cm³/mol. The summed E-state index contributed by atoms with van der Waals surface area (Å²) < 4.78 is 5.51. The van der Waals surface area contributed by atoms with E-state index < -0.39 is 17.7 Å². The number of aliphatic hydroxyl groups is 1. The number of benzene rings is 2. The molecular weight excluding hydrogens is 414 g/mol. The van der Waals surface area contributed by atoms with Crippen LogP contribution in [0.1, 0.15) is 62.8 Å². The largest absolute Gasteiger partial charge is 0.507 e. The van der Waals surface area contributed by atoms with Crippen LogP contribution in [0.5, 0.6) is 5.75 Å². The first-order valence-electron chi connectivity index (χ1n) is 10.6. The SMILES string of the molecule is CCCN1C(=O)C(=O)/C(=C(/O)c2cc(OCC)ccc2Cl)C1c1ccc(C(C)C)cc1. The van der Waals surface area contributed by atoms with Crippen molar-refractivity contribution in [2.75, 3.05) is 13.2 Å². The number of ketones is 1. The van der Waals surface area contributed by atoms with Gasteiger partial charge in [-0.2, -0.15) is 0 Å². The molecular formula is C25H28ClNO4. The molecule has 0 aromatic heterocycles. The number of halogens is 1. The van der Waals surface area contributed by atoms with Crippen molar-refractivity contribution >= 4 is 29.1 Å². The molecule has 2 aromatic carbocycles. The molecule has 1 unspecified atom stereocenters. The molecule has 0 radical (unpaired) electrons. The molecule has 1 aliphatic rings. The van der Waals surface area contributed by atoms with Gasteiger partial charge in [-0.15, -0.1) is 0 Å². The third-order valence-corrected chi connectivity index (χ3v) is 5.76. The number of nitrogens with zero attached hydrogens (tertiary/aromatic N) is 1. The number of carbonyl (C=O) groups excluding carboxylic acids is 2. The molecule has 1 fully saturated rings. The number of hydrogen-bond donors (Lipinski definition) is 1. The van der Waals surface area contributed by atoms with Crippen molar-refractivity contribution in [3.63, 3.8) is 0 Å². The number of carbonyl (C=O) groups is 2. The minimum absolute atomic E-state index is 0.0475. The molecule has 1 aliphatic heterocycles. The lowest BCUT2D eigenvalue weighted by atomic mass is 9.93. The number of ether oxygens (including phenoxy) is 1. The van der Waals surface area contributed by atoms with Crippen molar-refractivity contribution in [1.29, 1.82) is 0 Å². The van der Waals surface area contributed by atoms with Crippen LogP contribution in [-0.4, -0.2) is 34.8 Å². The lowest BCUT2D eigenvalue weighted by molar-refractivity contribution is -0.139. The topological polar surface area (TPSA) is 66.8 Å². The van der Waals surface area contributed by atoms with Crippen LogP contribution in [0.25, 0.3) is 5.76 Å². The van der Waals surface area contributed by atoms with E-state index in [0.29, 0.717) is 31.2 Å². The highest BCUT2D eigenvalue weighted by atomic mass is 35.5. The third-order valence-electron chi connectivity index (χ3n) is 5.43. The zero-order valence-corrected chi connectivity index (χ0v) is 19.1. The first-order valence-corrected chi connectivity index (χ1v) is 11.0. The van der Waals surface area contributed by atoms with Gasteiger partial charge in [-0.1, -0.05) is 56.6 Å². The highest BCUT2D eigenvalue weighted by molar-refractivity contribution is 6.47. The Morgan fingerprint density at radius 1 is 1.13 bits per heavy atom. The van der Waals surface area contributed by atoms with Gasteiger partial charge in [0.1, 0.15) is 11.5 Å². The molecule has 0 spiro atoms. The fourth-order valence-corrected chi connectivity index (χ4v) is 4.06. The van der Waals surface area contributed by atoms with Gasteiger partial charge in [0.2, 0.25) is 0 Å². The van der Waals surface area contributed by atoms with E-state index in [2.05, 4.69) is 13.8 Å². The van der Waals surface area contributed by atoms with Gasteiger partial charge in [-0.25, -0.2) is 0 Å². The maximum absolute atomic E-state index is 13.0. The lowest BCUT2D eigenvalue weighted by Crippen LogP contribution is -2.30. The van der Waals surface area contributed by atoms with Crippen LogP contribution in [0.2, 0.25) is 5.02 Å². The Balaban J connectivity index is 2.18. The molecule has 6 heteroatoms. The average molecular weight is 442 g/mol. The molecule has 3 rings (SSSR count). The molecule has 1 saturated heterocycles. The minimum Gasteiger partial charge on any atom is -0.507 e. The second-order valence-corrected chi connectivity index (χ2v) is 8.30. The first kappa shape index (κ1) is 22.9. The molecule has 1 heterocycles. The maximum atomic E-state index is 13.0. The van der Waals surface area contributed by atoms with Gasteiger partial charge in [0.25, 0.3) is 11.7 Å². The van der Waals surface area contributed by atoms with E-state index in [0.717, 1.165) is 11.1 Å². The Morgan fingerprint density at radius 3 is 2.39 bits per heavy atom. The van der Waals surface area contributed by atoms with Gasteiger partial charge in [0.05, 0.1) is 23.2 Å². The van der Waals surface area contributed by atoms with Crippen molar-refractivity contribution in [1.82, 2.24) is 4.90 Å². The molecule has 2 aromatic rings. The second-order valence-electron chi connectivity index (χ2n) is 7.89. The molecule has 1 atom stereocenters. The molecule has 31 heavy (non-hydrogen) atoms. The van der Waals surface area contributed by atoms with Gasteiger partial charge in [-0.3, -0.25) is 9.59 Å². The fourth-order valence-electron chi connectivity index (χ4n) is 3.85. The average Bonchev–Trinajstić information content (AvgIpc) is 3.00. The monoisotopic (exact) mass is 441 g/mol. The van der Waals surface area contributed by atoms with Crippen LogP contribution in [0.15, 0.2) is 48.0 Å². The van der Waals surface area contributed by atoms with E-state index in [1.54, 1.807) is 18.2 Å². The Kier molecular flexibility index (Phi) is 7.06. The van der Waals surface area contributed by atoms with Crippen molar-refractivity contribution in [3.8, 4) is 5.75 Å². The quantitative estimate of drug-likeness (QED) is 0.340. The number of hydrogen-bond acceptors (Lipinski definition) is 4. The van der Waals surface area contributed by atoms with Crippen LogP contribution in [0, 0.1) is 0 Å². The number of amides is 1. The fraction of sp³-hybridized carbons (Fsp3) is 0.360. The van der Waals surface area contributed by atoms with E-state index in [1.165, 1.54) is 4.90 Å². The molecule has 0 bridgehead atoms. The molecule has 1 amide bonds. The molecule has 0 saturated carbocycles. The Morgan fingerprint density at radius 2 is 1.81 bits per heavy atom. The number of aliphatic hydroxyl groups excluding tert-OH is 1. The van der Waals surface area contributed by atoms with Crippen molar-refractivity contribution in [3.05, 3.63) is 69.8 Å². The van der Waals surface area contributed by atoms with Crippen molar-refractivity contribution in [2.24, 2.45) is 0 Å². The zero-order chi connectivity index (χ0) is 22.7. The van der Waals surface area contributed by atoms with Gasteiger partial charge in [-0.05, 0) is 48.6 Å². The van der Waals surface area contributed by atoms with Crippen LogP contribution in [-0.2, 0) is 9.59 Å². The number of Topliss-reactive ketones (excluding diaryl/α,β-unsaturated/α-hetero) is 1. The summed E-state index contributed by atoms with van der Waals surface area (Å²) in [5.41, 5.74) is 2.25. The highest BCUT2D eigenvalue weighted by Gasteiger charge is 2.45. The van der Waals surface area contributed by atoms with Crippen molar-refractivity contribution < 1.29 is 19.4 Å². The molecule has 0 aliphatic carbocycles. The lowest BCUT2D eigenvalue weighted by Gasteiger charge is -2.25. The standard InChI is InChI=1S/C25H28ClNO4/c1-5-13-27-22(17-9-7-16(8-10-17)15(3)4)21(24(29)25(27)30)23(28)19-14-18(31-6-2)11-12-20(19)26/h7-12,14-15,22,28H,5-6,13H2,1-4H3/b23-21+. The van der Waals surface area contributed by atoms with Gasteiger partial charge in [0, 0.05) is 12.1 Å². The smallest absolute Gasteiger partial charge is 0.295 e. The molecule has 164 valence electrons. The zero-order valence-electron chi connectivity index (χ0n) is 18.3. The van der Waals surface area contributed by atoms with Crippen molar-refractivity contribution in [2.45, 2.75) is 46.1 Å². The van der Waals surface area contributed by atoms with E-state index in [-0.39, 0.29) is 21.9 Å². The Bertz CT molecular complexity index is 1010. The summed E-state index contributed by atoms with van der Waals surface area (Å²) in [6.45, 7) is 8.86. The first-order chi connectivity index (χ1) is 14.8. The number of likely N-dealkylation sites (tertiary alicyclic amines) is 1. The maximum Gasteiger partial charge on any atom is 0.295 e. The Labute approximate surface area is 188 Å². The normalized spacial score (nSPS) is 18.1. The van der Waals surface area contributed by atoms with E-state index in [4.69, 9.17) is 16.3 Å². The predicted octanol–water partition coefficient (Wildman–Crippen LogP) is 5.69.